The molecule has 0 saturated heterocycles. The molecule has 6 heavy (non-hydrogen) atoms. The van der Waals surface area contributed by atoms with Crippen LogP contribution in [-0.2, 0) is 78.8 Å². The molecule has 0 bridgehead atoms. The second-order valence-corrected chi connectivity index (χ2v) is 0. The van der Waals surface area contributed by atoms with Crippen molar-refractivity contribution in [3.8, 4) is 0 Å². The molecule has 0 heterocycles. The van der Waals surface area contributed by atoms with Crippen LogP contribution in [0.5, 0.6) is 0 Å². The van der Waals surface area contributed by atoms with Gasteiger partial charge in [0.15, 0.2) is 17.4 Å². The first-order valence-electron chi connectivity index (χ1n) is 0. The summed E-state index contributed by atoms with van der Waals surface area (Å²) in [6.45, 7) is 0. The molecule has 0 aliphatic heterocycles. The fourth-order valence-corrected chi connectivity index (χ4v) is 0. The van der Waals surface area contributed by atoms with Gasteiger partial charge in [0, 0.05) is 78.8 Å². The van der Waals surface area contributed by atoms with Crippen molar-refractivity contribution in [3.63, 3.8) is 0 Å². The minimum Gasteiger partial charge on any atom is -1.00 e. The van der Waals surface area contributed by atoms with Gasteiger partial charge in [-0.1, -0.05) is 0 Å². The van der Waals surface area contributed by atoms with Crippen molar-refractivity contribution in [3.05, 3.63) is 0 Å². The van der Waals surface area contributed by atoms with Crippen molar-refractivity contribution in [2.75, 3.05) is 0 Å². The fourth-order valence-electron chi connectivity index (χ4n) is 0. The first-order chi connectivity index (χ1) is 0. The van der Waals surface area contributed by atoms with Crippen molar-refractivity contribution < 1.29 is 110 Å². The third-order valence-electron chi connectivity index (χ3n) is 0. The Kier molecular flexibility index (Phi) is 300. The van der Waals surface area contributed by atoms with E-state index in [9.17, 15) is 0 Å². The summed E-state index contributed by atoms with van der Waals surface area (Å²) in [6.07, 6.45) is 0. The maximum Gasteiger partial charge on any atom is 1.00 e. The molecule has 0 aromatic carbocycles. The molecular weight excluding hydrogens is 254 g/mol. The molecule has 0 atom stereocenters. The number of hydrogen-bond donors (Lipinski definition) is 0. The van der Waals surface area contributed by atoms with E-state index in [2.05, 4.69) is 0 Å². The van der Waals surface area contributed by atoms with E-state index in [-0.39, 0.29) is 127 Å². The van der Waals surface area contributed by atoms with Crippen LogP contribution in [0.15, 0.2) is 0 Å². The van der Waals surface area contributed by atoms with Gasteiger partial charge in [0.2, 0.25) is 0 Å². The van der Waals surface area contributed by atoms with E-state index >= 15 is 0 Å². The Morgan fingerprint density at radius 3 is 1.17 bits per heavy atom. The molecule has 0 spiro atoms. The summed E-state index contributed by atoms with van der Waals surface area (Å²) in [4.78, 5) is 0. The zero-order chi connectivity index (χ0) is 0. The molecule has 0 rings (SSSR count). The van der Waals surface area contributed by atoms with Gasteiger partial charge in [0.1, 0.15) is 0 Å². The van der Waals surface area contributed by atoms with Gasteiger partial charge < -0.3 is 1.43 Å². The first-order valence-corrected chi connectivity index (χ1v) is 0. The second-order valence-electron chi connectivity index (χ2n) is 0. The largest absolute Gasteiger partial charge is 1.00 e. The van der Waals surface area contributed by atoms with Crippen LogP contribution < -0.4 is 29.6 Å². The Balaban J connectivity index is 0. The van der Waals surface area contributed by atoms with Gasteiger partial charge in [0.25, 0.3) is 0 Å². The maximum atomic E-state index is 0. The first kappa shape index (κ1) is 50.3. The summed E-state index contributed by atoms with van der Waals surface area (Å²) in [7, 11) is 0. The molecule has 0 aromatic rings. The summed E-state index contributed by atoms with van der Waals surface area (Å²) in [5.41, 5.74) is 0. The van der Waals surface area contributed by atoms with E-state index in [0.717, 1.165) is 0 Å². The standard InChI is InChI=1S/Al.Cr.Fe.Na.Sc.V.4H/q;;;+1;;;;;;-1. The van der Waals surface area contributed by atoms with Gasteiger partial charge in [-0.05, 0) is 0 Å². The minimum absolute atomic E-state index is 0. The monoisotopic (exact) mass is 258 g/mol. The molecule has 0 unspecified atom stereocenters. The molecule has 0 aliphatic carbocycles. The summed E-state index contributed by atoms with van der Waals surface area (Å²) < 4.78 is 0. The normalized spacial score (nSPS) is 0. The van der Waals surface area contributed by atoms with Gasteiger partial charge in [-0.3, -0.25) is 0 Å². The Morgan fingerprint density at radius 2 is 1.17 bits per heavy atom. The molecule has 0 amide bonds. The fraction of sp³-hybridized carbons (Fsp3) is 0. The van der Waals surface area contributed by atoms with E-state index in [1.165, 1.54) is 0 Å². The van der Waals surface area contributed by atoms with E-state index in [1.807, 2.05) is 0 Å². The van der Waals surface area contributed by atoms with Crippen molar-refractivity contribution >= 4 is 17.4 Å². The maximum absolute atomic E-state index is 0. The minimum atomic E-state index is 0. The Hall–Kier alpha value is 4.04. The average molecular weight is 258 g/mol. The van der Waals surface area contributed by atoms with Crippen LogP contribution in [0.3, 0.4) is 0 Å². The molecular formula is H4AlCrFeNaScV. The predicted molar refractivity (Wildman–Crippen MR) is 11.1 cm³/mol. The number of hydrogen-bond acceptors (Lipinski definition) is 0. The molecule has 0 saturated carbocycles. The van der Waals surface area contributed by atoms with Gasteiger partial charge >= 0.3 is 29.6 Å². The van der Waals surface area contributed by atoms with Crippen LogP contribution in [0.4, 0.5) is 0 Å². The van der Waals surface area contributed by atoms with Crippen LogP contribution in [0.2, 0.25) is 0 Å². The topological polar surface area (TPSA) is 0 Å². The quantitative estimate of drug-likeness (QED) is 0.388. The van der Waals surface area contributed by atoms with E-state index in [0.29, 0.717) is 0 Å². The van der Waals surface area contributed by atoms with Gasteiger partial charge in [-0.15, -0.1) is 0 Å². The molecule has 0 N–H and O–H groups in total. The second kappa shape index (κ2) is 35.8. The zero-order valence-corrected chi connectivity index (χ0v) is 10.4. The Bertz CT molecular complexity index is 19.7. The van der Waals surface area contributed by atoms with E-state index in [1.54, 1.807) is 0 Å². The van der Waals surface area contributed by atoms with Crippen LogP contribution in [0.25, 0.3) is 0 Å². The average Bonchev–Trinajstić information content (AvgIpc) is 0. The molecule has 0 fully saturated rings. The van der Waals surface area contributed by atoms with Crippen molar-refractivity contribution in [2.24, 2.45) is 0 Å². The van der Waals surface area contributed by atoms with Crippen LogP contribution >= 0.6 is 0 Å². The van der Waals surface area contributed by atoms with Gasteiger partial charge in [-0.2, -0.15) is 0 Å². The van der Waals surface area contributed by atoms with Crippen molar-refractivity contribution in [2.45, 2.75) is 0 Å². The van der Waals surface area contributed by atoms with E-state index < -0.39 is 0 Å². The van der Waals surface area contributed by atoms with Crippen LogP contribution in [0.1, 0.15) is 1.43 Å². The van der Waals surface area contributed by atoms with Crippen molar-refractivity contribution in [1.29, 1.82) is 0 Å². The van der Waals surface area contributed by atoms with Crippen LogP contribution in [0, 0.1) is 0 Å². The molecule has 0 aliphatic rings. The summed E-state index contributed by atoms with van der Waals surface area (Å²) in [5.74, 6) is 0. The Labute approximate surface area is 125 Å². The summed E-state index contributed by atoms with van der Waals surface area (Å²) in [5, 5.41) is 0. The smallest absolute Gasteiger partial charge is 1.00 e. The third-order valence-corrected chi connectivity index (χ3v) is 0. The summed E-state index contributed by atoms with van der Waals surface area (Å²) in [6, 6.07) is 0. The molecule has 0 nitrogen and oxygen atoms in total. The predicted octanol–water partition coefficient (Wildman–Crippen LogP) is -4.08. The third kappa shape index (κ3) is 24.4. The van der Waals surface area contributed by atoms with Gasteiger partial charge in [-0.25, -0.2) is 0 Å². The molecule has 30 valence electrons. The number of rotatable bonds is 0. The van der Waals surface area contributed by atoms with Crippen molar-refractivity contribution in [1.82, 2.24) is 0 Å². The molecule has 6 heteroatoms. The summed E-state index contributed by atoms with van der Waals surface area (Å²) >= 11 is 0. The SMILES string of the molecule is [AlH3].[Cr].[Fe].[H-].[Na+].[Sc].[V]. The zero-order valence-electron chi connectivity index (χ0n) is 3.79. The molecule has 0 aromatic heterocycles. The molecule has 2 radical (unpaired) electrons. The Morgan fingerprint density at radius 1 is 1.17 bits per heavy atom. The van der Waals surface area contributed by atoms with Gasteiger partial charge in [0.05, 0.1) is 0 Å². The van der Waals surface area contributed by atoms with Crippen LogP contribution in [-0.4, -0.2) is 17.4 Å². The van der Waals surface area contributed by atoms with E-state index in [4.69, 9.17) is 0 Å².